The van der Waals surface area contributed by atoms with E-state index in [0.29, 0.717) is 15.6 Å². The summed E-state index contributed by atoms with van der Waals surface area (Å²) in [6, 6.07) is 4.78. The number of carboxylic acid groups (broad SMARTS) is 2. The Balaban J connectivity index is 2.81. The van der Waals surface area contributed by atoms with Gasteiger partial charge in [-0.05, 0) is 17.7 Å². The molecule has 0 atom stereocenters. The Bertz CT molecular complexity index is 448. The van der Waals surface area contributed by atoms with Crippen LogP contribution >= 0.6 is 23.2 Å². The van der Waals surface area contributed by atoms with E-state index in [9.17, 15) is 9.59 Å². The molecule has 0 amide bonds. The van der Waals surface area contributed by atoms with E-state index in [-0.39, 0.29) is 19.6 Å². The van der Waals surface area contributed by atoms with Crippen molar-refractivity contribution < 1.29 is 19.8 Å². The topological polar surface area (TPSA) is 77.8 Å². The molecule has 0 saturated heterocycles. The maximum Gasteiger partial charge on any atom is 0.317 e. The fraction of sp³-hybridized carbons (Fsp3) is 0.273. The Morgan fingerprint density at radius 2 is 1.67 bits per heavy atom. The van der Waals surface area contributed by atoms with Crippen molar-refractivity contribution in [2.24, 2.45) is 0 Å². The van der Waals surface area contributed by atoms with Gasteiger partial charge in [-0.3, -0.25) is 14.5 Å². The molecule has 18 heavy (non-hydrogen) atoms. The van der Waals surface area contributed by atoms with Crippen LogP contribution in [0.25, 0.3) is 0 Å². The highest BCUT2D eigenvalue weighted by atomic mass is 35.5. The Hall–Kier alpha value is -1.30. The van der Waals surface area contributed by atoms with Crippen molar-refractivity contribution in [2.45, 2.75) is 6.54 Å². The van der Waals surface area contributed by atoms with Crippen LogP contribution in [0, 0.1) is 0 Å². The highest BCUT2D eigenvalue weighted by Gasteiger charge is 2.15. The third-order valence-electron chi connectivity index (χ3n) is 2.13. The van der Waals surface area contributed by atoms with Crippen LogP contribution in [0.5, 0.6) is 0 Å². The molecule has 1 aromatic carbocycles. The van der Waals surface area contributed by atoms with Gasteiger partial charge in [0.05, 0.1) is 13.1 Å². The van der Waals surface area contributed by atoms with E-state index >= 15 is 0 Å². The maximum atomic E-state index is 10.6. The quantitative estimate of drug-likeness (QED) is 0.838. The van der Waals surface area contributed by atoms with E-state index < -0.39 is 11.9 Å². The minimum atomic E-state index is -1.10. The second-order valence-corrected chi connectivity index (χ2v) is 4.51. The van der Waals surface area contributed by atoms with Gasteiger partial charge in [0.1, 0.15) is 0 Å². The van der Waals surface area contributed by atoms with Crippen molar-refractivity contribution in [3.05, 3.63) is 33.8 Å². The number of rotatable bonds is 6. The first-order chi connectivity index (χ1) is 8.38. The Labute approximate surface area is 114 Å². The summed E-state index contributed by atoms with van der Waals surface area (Å²) in [5.41, 5.74) is 0.628. The van der Waals surface area contributed by atoms with Crippen molar-refractivity contribution in [3.63, 3.8) is 0 Å². The average molecular weight is 292 g/mol. The van der Waals surface area contributed by atoms with Gasteiger partial charge in [-0.1, -0.05) is 29.3 Å². The van der Waals surface area contributed by atoms with Gasteiger partial charge >= 0.3 is 11.9 Å². The second kappa shape index (κ2) is 6.58. The Morgan fingerprint density at radius 1 is 1.11 bits per heavy atom. The van der Waals surface area contributed by atoms with Gasteiger partial charge in [0.25, 0.3) is 0 Å². The maximum absolute atomic E-state index is 10.6. The van der Waals surface area contributed by atoms with Crippen LogP contribution in [0.2, 0.25) is 10.0 Å². The zero-order valence-electron chi connectivity index (χ0n) is 9.27. The van der Waals surface area contributed by atoms with Crippen molar-refractivity contribution in [2.75, 3.05) is 13.1 Å². The summed E-state index contributed by atoms with van der Waals surface area (Å²) >= 11 is 11.7. The zero-order valence-corrected chi connectivity index (χ0v) is 10.8. The number of carbonyl (C=O) groups is 2. The second-order valence-electron chi connectivity index (χ2n) is 3.67. The SMILES string of the molecule is O=C(O)CN(CC(=O)O)Cc1ccc(Cl)cc1Cl. The first-order valence-corrected chi connectivity index (χ1v) is 5.74. The lowest BCUT2D eigenvalue weighted by Crippen LogP contribution is -2.34. The molecule has 0 heterocycles. The molecule has 1 aromatic rings. The fourth-order valence-corrected chi connectivity index (χ4v) is 1.91. The van der Waals surface area contributed by atoms with Crippen LogP contribution in [0.15, 0.2) is 18.2 Å². The van der Waals surface area contributed by atoms with E-state index in [4.69, 9.17) is 33.4 Å². The van der Waals surface area contributed by atoms with Crippen LogP contribution in [-0.4, -0.2) is 40.1 Å². The monoisotopic (exact) mass is 291 g/mol. The summed E-state index contributed by atoms with van der Waals surface area (Å²) in [7, 11) is 0. The van der Waals surface area contributed by atoms with E-state index in [2.05, 4.69) is 0 Å². The molecule has 0 aliphatic rings. The molecule has 0 aromatic heterocycles. The van der Waals surface area contributed by atoms with Gasteiger partial charge in [0.2, 0.25) is 0 Å². The molecular formula is C11H11Cl2NO4. The number of hydrogen-bond acceptors (Lipinski definition) is 3. The Morgan fingerprint density at radius 3 is 2.11 bits per heavy atom. The van der Waals surface area contributed by atoms with Gasteiger partial charge in [0, 0.05) is 16.6 Å². The summed E-state index contributed by atoms with van der Waals surface area (Å²) in [5, 5.41) is 18.2. The first kappa shape index (κ1) is 14.8. The van der Waals surface area contributed by atoms with Gasteiger partial charge in [-0.2, -0.15) is 0 Å². The van der Waals surface area contributed by atoms with Crippen LogP contribution < -0.4 is 0 Å². The van der Waals surface area contributed by atoms with Crippen LogP contribution in [-0.2, 0) is 16.1 Å². The minimum Gasteiger partial charge on any atom is -0.480 e. The van der Waals surface area contributed by atoms with Gasteiger partial charge in [0.15, 0.2) is 0 Å². The number of benzene rings is 1. The van der Waals surface area contributed by atoms with Crippen molar-refractivity contribution in [3.8, 4) is 0 Å². The van der Waals surface area contributed by atoms with E-state index in [1.807, 2.05) is 0 Å². The molecule has 0 unspecified atom stereocenters. The van der Waals surface area contributed by atoms with Gasteiger partial charge in [-0.25, -0.2) is 0 Å². The standard InChI is InChI=1S/C11H11Cl2NO4/c12-8-2-1-7(9(13)3-8)4-14(5-10(15)16)6-11(17)18/h1-3H,4-6H2,(H,15,16)(H,17,18). The number of carboxylic acids is 2. The number of halogens is 2. The summed E-state index contributed by atoms with van der Waals surface area (Å²) < 4.78 is 0. The van der Waals surface area contributed by atoms with Gasteiger partial charge < -0.3 is 10.2 Å². The Kier molecular flexibility index (Phi) is 5.40. The van der Waals surface area contributed by atoms with E-state index in [1.54, 1.807) is 12.1 Å². The molecule has 2 N–H and O–H groups in total. The number of hydrogen-bond donors (Lipinski definition) is 2. The smallest absolute Gasteiger partial charge is 0.317 e. The van der Waals surface area contributed by atoms with Crippen molar-refractivity contribution in [1.82, 2.24) is 4.90 Å². The first-order valence-electron chi connectivity index (χ1n) is 4.98. The summed E-state index contributed by atoms with van der Waals surface area (Å²) in [6.07, 6.45) is 0. The molecule has 0 bridgehead atoms. The summed E-state index contributed by atoms with van der Waals surface area (Å²) in [6.45, 7) is -0.606. The predicted octanol–water partition coefficient (Wildman–Crippen LogP) is 1.96. The van der Waals surface area contributed by atoms with Crippen LogP contribution in [0.3, 0.4) is 0 Å². The van der Waals surface area contributed by atoms with Gasteiger partial charge in [-0.15, -0.1) is 0 Å². The largest absolute Gasteiger partial charge is 0.480 e. The lowest BCUT2D eigenvalue weighted by molar-refractivity contribution is -0.142. The molecule has 0 fully saturated rings. The fourth-order valence-electron chi connectivity index (χ4n) is 1.44. The number of nitrogens with zero attached hydrogens (tertiary/aromatic N) is 1. The number of aliphatic carboxylic acids is 2. The highest BCUT2D eigenvalue weighted by molar-refractivity contribution is 6.35. The summed E-state index contributed by atoms with van der Waals surface area (Å²) in [5.74, 6) is -2.19. The van der Waals surface area contributed by atoms with Crippen molar-refractivity contribution >= 4 is 35.1 Å². The molecule has 1 rings (SSSR count). The molecule has 0 aliphatic heterocycles. The third-order valence-corrected chi connectivity index (χ3v) is 2.71. The molecule has 0 spiro atoms. The summed E-state index contributed by atoms with van der Waals surface area (Å²) in [4.78, 5) is 22.5. The molecule has 0 saturated carbocycles. The molecule has 5 nitrogen and oxygen atoms in total. The molecule has 0 radical (unpaired) electrons. The van der Waals surface area contributed by atoms with Crippen LogP contribution in [0.4, 0.5) is 0 Å². The molecule has 98 valence electrons. The van der Waals surface area contributed by atoms with E-state index in [0.717, 1.165) is 0 Å². The lowest BCUT2D eigenvalue weighted by atomic mass is 10.2. The molecule has 7 heteroatoms. The van der Waals surface area contributed by atoms with Crippen molar-refractivity contribution in [1.29, 1.82) is 0 Å². The zero-order chi connectivity index (χ0) is 13.7. The highest BCUT2D eigenvalue weighted by Crippen LogP contribution is 2.22. The van der Waals surface area contributed by atoms with Crippen LogP contribution in [0.1, 0.15) is 5.56 Å². The van der Waals surface area contributed by atoms with E-state index in [1.165, 1.54) is 11.0 Å². The normalized spacial score (nSPS) is 10.6. The predicted molar refractivity (Wildman–Crippen MR) is 67.0 cm³/mol. The molecule has 0 aliphatic carbocycles. The average Bonchev–Trinajstić information content (AvgIpc) is 2.20. The lowest BCUT2D eigenvalue weighted by Gasteiger charge is -2.18. The minimum absolute atomic E-state index is 0.134. The molecular weight excluding hydrogens is 281 g/mol. The third kappa shape index (κ3) is 4.91.